The summed E-state index contributed by atoms with van der Waals surface area (Å²) in [6.07, 6.45) is 2.80. The van der Waals surface area contributed by atoms with Crippen LogP contribution >= 0.6 is 11.8 Å². The standard InChI is InChI=1S/C24H33F3O4S2/c1-8-23(9-2,21-13-16(4)19(32-21)14-20(28)22(5,6)7)17-10-11-18(15(3)12-17)31-33(29,30)24(25,26)27/h10-12,21H,8-9,13-14H2,1-7H3. The maximum absolute atomic E-state index is 12.7. The molecular weight excluding hydrogens is 473 g/mol. The molecule has 1 aliphatic heterocycles. The number of Topliss-reactive ketones (excluding diaryl/α,β-unsaturated/α-hetero) is 1. The van der Waals surface area contributed by atoms with E-state index < -0.39 is 21.0 Å². The van der Waals surface area contributed by atoms with E-state index in [9.17, 15) is 26.4 Å². The van der Waals surface area contributed by atoms with Crippen molar-refractivity contribution in [2.75, 3.05) is 0 Å². The van der Waals surface area contributed by atoms with E-state index in [0.717, 1.165) is 29.7 Å². The predicted octanol–water partition coefficient (Wildman–Crippen LogP) is 7.07. The molecule has 1 heterocycles. The molecule has 0 N–H and O–H groups in total. The monoisotopic (exact) mass is 506 g/mol. The first-order chi connectivity index (χ1) is 15.0. The summed E-state index contributed by atoms with van der Waals surface area (Å²) >= 11 is 1.72. The lowest BCUT2D eigenvalue weighted by atomic mass is 9.71. The number of carbonyl (C=O) groups is 1. The fourth-order valence-corrected chi connectivity index (χ4v) is 6.52. The Bertz CT molecular complexity index is 1030. The summed E-state index contributed by atoms with van der Waals surface area (Å²) in [5.41, 5.74) is -3.74. The highest BCUT2D eigenvalue weighted by molar-refractivity contribution is 8.04. The first-order valence-electron chi connectivity index (χ1n) is 11.0. The molecule has 2 rings (SSSR count). The Kier molecular flexibility index (Phi) is 8.11. The van der Waals surface area contributed by atoms with Gasteiger partial charge >= 0.3 is 15.6 Å². The van der Waals surface area contributed by atoms with Crippen LogP contribution in [0.2, 0.25) is 0 Å². The molecule has 0 aromatic heterocycles. The number of hydrogen-bond donors (Lipinski definition) is 0. The molecular formula is C24H33F3O4S2. The highest BCUT2D eigenvalue weighted by atomic mass is 32.2. The van der Waals surface area contributed by atoms with E-state index in [1.807, 2.05) is 20.8 Å². The van der Waals surface area contributed by atoms with Crippen LogP contribution in [0.25, 0.3) is 0 Å². The molecule has 33 heavy (non-hydrogen) atoms. The Morgan fingerprint density at radius 3 is 2.15 bits per heavy atom. The quantitative estimate of drug-likeness (QED) is 0.279. The van der Waals surface area contributed by atoms with Crippen molar-refractivity contribution in [3.05, 3.63) is 39.8 Å². The molecule has 0 bridgehead atoms. The zero-order chi connectivity index (χ0) is 25.4. The van der Waals surface area contributed by atoms with E-state index in [1.54, 1.807) is 30.8 Å². The van der Waals surface area contributed by atoms with Crippen LogP contribution in [0.3, 0.4) is 0 Å². The van der Waals surface area contributed by atoms with Crippen molar-refractivity contribution >= 4 is 27.7 Å². The van der Waals surface area contributed by atoms with E-state index >= 15 is 0 Å². The third-order valence-electron chi connectivity index (χ3n) is 6.52. The number of alkyl halides is 3. The van der Waals surface area contributed by atoms with Crippen LogP contribution in [-0.2, 0) is 20.3 Å². The summed E-state index contributed by atoms with van der Waals surface area (Å²) in [6.45, 7) is 13.5. The average Bonchev–Trinajstić information content (AvgIpc) is 3.04. The SMILES string of the molecule is CCC(CC)(c1ccc(OS(=O)(=O)C(F)(F)F)c(C)c1)C1CC(C)=C(CC(=O)C(C)(C)C)S1. The minimum atomic E-state index is -5.73. The van der Waals surface area contributed by atoms with Gasteiger partial charge in [-0.1, -0.05) is 52.3 Å². The lowest BCUT2D eigenvalue weighted by molar-refractivity contribution is -0.125. The number of thioether (sulfide) groups is 1. The summed E-state index contributed by atoms with van der Waals surface area (Å²) in [7, 11) is -5.73. The van der Waals surface area contributed by atoms with Gasteiger partial charge in [0.2, 0.25) is 0 Å². The van der Waals surface area contributed by atoms with Gasteiger partial charge in [-0.15, -0.1) is 11.8 Å². The molecule has 0 saturated heterocycles. The Hall–Kier alpha value is -1.48. The van der Waals surface area contributed by atoms with Crippen molar-refractivity contribution < 1.29 is 30.6 Å². The van der Waals surface area contributed by atoms with Crippen molar-refractivity contribution in [1.82, 2.24) is 0 Å². The summed E-state index contributed by atoms with van der Waals surface area (Å²) in [4.78, 5) is 13.7. The molecule has 0 radical (unpaired) electrons. The Morgan fingerprint density at radius 2 is 1.70 bits per heavy atom. The summed E-state index contributed by atoms with van der Waals surface area (Å²) in [6, 6.07) is 4.69. The third-order valence-corrected chi connectivity index (χ3v) is 9.17. The number of halogens is 3. The molecule has 1 atom stereocenters. The van der Waals surface area contributed by atoms with Gasteiger partial charge in [-0.05, 0) is 55.2 Å². The van der Waals surface area contributed by atoms with Crippen molar-refractivity contribution in [3.8, 4) is 5.75 Å². The molecule has 1 aliphatic rings. The van der Waals surface area contributed by atoms with Crippen LogP contribution in [-0.4, -0.2) is 25.0 Å². The fraction of sp³-hybridized carbons (Fsp3) is 0.625. The topological polar surface area (TPSA) is 60.4 Å². The second kappa shape index (κ2) is 9.64. The molecule has 1 aromatic rings. The molecule has 9 heteroatoms. The predicted molar refractivity (Wildman–Crippen MR) is 127 cm³/mol. The molecule has 0 saturated carbocycles. The van der Waals surface area contributed by atoms with Gasteiger partial charge < -0.3 is 4.18 Å². The number of hydrogen-bond acceptors (Lipinski definition) is 5. The van der Waals surface area contributed by atoms with Gasteiger partial charge in [0, 0.05) is 22.5 Å². The number of allylic oxidation sites excluding steroid dienone is 2. The number of aryl methyl sites for hydroxylation is 1. The number of benzene rings is 1. The van der Waals surface area contributed by atoms with Crippen LogP contribution in [0.15, 0.2) is 28.7 Å². The molecule has 186 valence electrons. The third kappa shape index (κ3) is 5.78. The van der Waals surface area contributed by atoms with E-state index in [0.29, 0.717) is 12.0 Å². The molecule has 1 unspecified atom stereocenters. The minimum absolute atomic E-state index is 0.167. The van der Waals surface area contributed by atoms with Crippen LogP contribution in [0.5, 0.6) is 5.75 Å². The molecule has 0 aliphatic carbocycles. The smallest absolute Gasteiger partial charge is 0.376 e. The zero-order valence-corrected chi connectivity index (χ0v) is 21.9. The first kappa shape index (κ1) is 27.8. The normalized spacial score (nSPS) is 18.1. The number of rotatable bonds is 8. The molecule has 0 amide bonds. The number of carbonyl (C=O) groups excluding carboxylic acids is 1. The van der Waals surface area contributed by atoms with Gasteiger partial charge in [-0.2, -0.15) is 21.6 Å². The van der Waals surface area contributed by atoms with E-state index in [1.165, 1.54) is 11.6 Å². The summed E-state index contributed by atoms with van der Waals surface area (Å²) in [5.74, 6) is -0.145. The lowest BCUT2D eigenvalue weighted by Crippen LogP contribution is -2.36. The lowest BCUT2D eigenvalue weighted by Gasteiger charge is -2.38. The van der Waals surface area contributed by atoms with Gasteiger partial charge in [0.05, 0.1) is 0 Å². The van der Waals surface area contributed by atoms with E-state index in [-0.39, 0.29) is 22.2 Å². The molecule has 0 spiro atoms. The van der Waals surface area contributed by atoms with Crippen LogP contribution in [0.1, 0.15) is 78.4 Å². The van der Waals surface area contributed by atoms with Crippen molar-refractivity contribution in [2.24, 2.45) is 5.41 Å². The Balaban J connectivity index is 2.35. The summed E-state index contributed by atoms with van der Waals surface area (Å²) < 4.78 is 65.4. The highest BCUT2D eigenvalue weighted by Gasteiger charge is 2.49. The van der Waals surface area contributed by atoms with Crippen LogP contribution in [0.4, 0.5) is 13.2 Å². The van der Waals surface area contributed by atoms with Gasteiger partial charge in [-0.3, -0.25) is 4.79 Å². The molecule has 4 nitrogen and oxygen atoms in total. The van der Waals surface area contributed by atoms with Crippen LogP contribution < -0.4 is 4.18 Å². The second-order valence-corrected chi connectivity index (χ2v) is 12.5. The maximum Gasteiger partial charge on any atom is 0.534 e. The Morgan fingerprint density at radius 1 is 1.12 bits per heavy atom. The van der Waals surface area contributed by atoms with Crippen molar-refractivity contribution in [3.63, 3.8) is 0 Å². The van der Waals surface area contributed by atoms with Crippen LogP contribution in [0, 0.1) is 12.3 Å². The van der Waals surface area contributed by atoms with Gasteiger partial charge in [0.1, 0.15) is 11.5 Å². The molecule has 1 aromatic carbocycles. The van der Waals surface area contributed by atoms with E-state index in [4.69, 9.17) is 0 Å². The maximum atomic E-state index is 12.7. The largest absolute Gasteiger partial charge is 0.534 e. The van der Waals surface area contributed by atoms with Gasteiger partial charge in [0.25, 0.3) is 0 Å². The molecule has 0 fully saturated rings. The highest BCUT2D eigenvalue weighted by Crippen LogP contribution is 2.52. The number of ketones is 1. The average molecular weight is 507 g/mol. The minimum Gasteiger partial charge on any atom is -0.376 e. The van der Waals surface area contributed by atoms with Crippen molar-refractivity contribution in [2.45, 2.75) is 90.3 Å². The van der Waals surface area contributed by atoms with Crippen molar-refractivity contribution in [1.29, 1.82) is 0 Å². The zero-order valence-electron chi connectivity index (χ0n) is 20.2. The summed E-state index contributed by atoms with van der Waals surface area (Å²) in [5, 5.41) is 0.167. The first-order valence-corrected chi connectivity index (χ1v) is 13.3. The Labute approximate surface area is 199 Å². The van der Waals surface area contributed by atoms with Gasteiger partial charge in [-0.25, -0.2) is 0 Å². The van der Waals surface area contributed by atoms with Gasteiger partial charge in [0.15, 0.2) is 0 Å². The fourth-order valence-electron chi connectivity index (χ4n) is 4.14. The van der Waals surface area contributed by atoms with E-state index in [2.05, 4.69) is 25.0 Å². The second-order valence-electron chi connectivity index (χ2n) is 9.69.